The van der Waals surface area contributed by atoms with Crippen molar-refractivity contribution in [1.29, 1.82) is 0 Å². The molecular weight excluding hydrogens is 399 g/mol. The van der Waals surface area contributed by atoms with Gasteiger partial charge in [-0.25, -0.2) is 4.39 Å². The standard InChI is InChI=1S/C23H21FN4O3/c1-13(2)14-7-8-22(31-3)18(9-14)17-11-19(21(30)12-20(17)29)23-25-26-27-28(23)16-6-4-5-15(24)10-16/h4-13,29-30H,1-3H3. The summed E-state index contributed by atoms with van der Waals surface area (Å²) in [6.07, 6.45) is 0. The highest BCUT2D eigenvalue weighted by Gasteiger charge is 2.20. The van der Waals surface area contributed by atoms with E-state index < -0.39 is 5.82 Å². The van der Waals surface area contributed by atoms with Crippen molar-refractivity contribution in [2.75, 3.05) is 7.11 Å². The van der Waals surface area contributed by atoms with Gasteiger partial charge in [-0.15, -0.1) is 5.10 Å². The third-order valence-electron chi connectivity index (χ3n) is 5.06. The summed E-state index contributed by atoms with van der Waals surface area (Å²) in [6, 6.07) is 14.4. The molecule has 1 heterocycles. The van der Waals surface area contributed by atoms with Crippen molar-refractivity contribution >= 4 is 0 Å². The second kappa shape index (κ2) is 8.06. The van der Waals surface area contributed by atoms with E-state index in [1.54, 1.807) is 25.3 Å². The number of halogens is 1. The van der Waals surface area contributed by atoms with E-state index >= 15 is 0 Å². The number of benzene rings is 3. The SMILES string of the molecule is COc1ccc(C(C)C)cc1-c1cc(-c2nnnn2-c2cccc(F)c2)c(O)cc1O. The Kier molecular flexibility index (Phi) is 5.29. The maximum absolute atomic E-state index is 13.7. The molecule has 0 bridgehead atoms. The summed E-state index contributed by atoms with van der Waals surface area (Å²) in [5.74, 6) is 0.260. The van der Waals surface area contributed by atoms with Crippen molar-refractivity contribution in [2.24, 2.45) is 0 Å². The number of hydrogen-bond donors (Lipinski definition) is 2. The zero-order valence-electron chi connectivity index (χ0n) is 17.2. The maximum Gasteiger partial charge on any atom is 0.190 e. The van der Waals surface area contributed by atoms with E-state index in [1.807, 2.05) is 18.2 Å². The molecule has 3 aromatic carbocycles. The van der Waals surface area contributed by atoms with Crippen LogP contribution in [-0.4, -0.2) is 37.5 Å². The van der Waals surface area contributed by atoms with Crippen LogP contribution in [0.3, 0.4) is 0 Å². The normalized spacial score (nSPS) is 11.1. The number of tetrazole rings is 1. The van der Waals surface area contributed by atoms with Gasteiger partial charge in [0, 0.05) is 17.2 Å². The molecule has 158 valence electrons. The van der Waals surface area contributed by atoms with E-state index in [4.69, 9.17) is 4.74 Å². The number of aromatic nitrogens is 4. The van der Waals surface area contributed by atoms with Gasteiger partial charge in [-0.2, -0.15) is 4.68 Å². The zero-order valence-corrected chi connectivity index (χ0v) is 17.2. The van der Waals surface area contributed by atoms with Gasteiger partial charge in [0.15, 0.2) is 5.82 Å². The Morgan fingerprint density at radius 2 is 1.71 bits per heavy atom. The first-order valence-electron chi connectivity index (χ1n) is 9.68. The molecule has 8 heteroatoms. The van der Waals surface area contributed by atoms with Crippen LogP contribution in [0.2, 0.25) is 0 Å². The van der Waals surface area contributed by atoms with Crippen molar-refractivity contribution in [2.45, 2.75) is 19.8 Å². The topological polar surface area (TPSA) is 93.3 Å². The summed E-state index contributed by atoms with van der Waals surface area (Å²) in [5.41, 5.74) is 2.85. The Morgan fingerprint density at radius 1 is 0.935 bits per heavy atom. The van der Waals surface area contributed by atoms with Crippen LogP contribution in [0, 0.1) is 5.82 Å². The van der Waals surface area contributed by atoms with E-state index in [9.17, 15) is 14.6 Å². The molecule has 0 saturated carbocycles. The Morgan fingerprint density at radius 3 is 2.42 bits per heavy atom. The van der Waals surface area contributed by atoms with Gasteiger partial charge in [-0.3, -0.25) is 0 Å². The first-order valence-corrected chi connectivity index (χ1v) is 9.68. The largest absolute Gasteiger partial charge is 0.507 e. The highest BCUT2D eigenvalue weighted by Crippen LogP contribution is 2.43. The predicted octanol–water partition coefficient (Wildman–Crippen LogP) is 4.68. The van der Waals surface area contributed by atoms with E-state index in [2.05, 4.69) is 29.4 Å². The molecule has 0 aliphatic carbocycles. The van der Waals surface area contributed by atoms with Gasteiger partial charge in [0.05, 0.1) is 18.4 Å². The van der Waals surface area contributed by atoms with Gasteiger partial charge in [0.25, 0.3) is 0 Å². The summed E-state index contributed by atoms with van der Waals surface area (Å²) < 4.78 is 20.5. The monoisotopic (exact) mass is 420 g/mol. The number of phenols is 2. The molecule has 2 N–H and O–H groups in total. The highest BCUT2D eigenvalue weighted by atomic mass is 19.1. The molecule has 0 fully saturated rings. The summed E-state index contributed by atoms with van der Waals surface area (Å²) in [5, 5.41) is 32.8. The van der Waals surface area contributed by atoms with Crippen LogP contribution in [0.4, 0.5) is 4.39 Å². The average Bonchev–Trinajstić information content (AvgIpc) is 3.23. The van der Waals surface area contributed by atoms with E-state index in [1.165, 1.54) is 22.9 Å². The molecule has 1 aromatic heterocycles. The molecule has 0 atom stereocenters. The van der Waals surface area contributed by atoms with Crippen LogP contribution in [0.5, 0.6) is 17.2 Å². The molecule has 0 unspecified atom stereocenters. The number of methoxy groups -OCH3 is 1. The van der Waals surface area contributed by atoms with Crippen molar-refractivity contribution < 1.29 is 19.3 Å². The molecule has 0 spiro atoms. The number of phenolic OH excluding ortho intramolecular Hbond substituents is 2. The van der Waals surface area contributed by atoms with Crippen molar-refractivity contribution in [3.05, 3.63) is 66.0 Å². The zero-order chi connectivity index (χ0) is 22.1. The van der Waals surface area contributed by atoms with Gasteiger partial charge in [0.2, 0.25) is 0 Å². The second-order valence-corrected chi connectivity index (χ2v) is 7.40. The van der Waals surface area contributed by atoms with Crippen LogP contribution in [0.25, 0.3) is 28.2 Å². The second-order valence-electron chi connectivity index (χ2n) is 7.40. The fourth-order valence-electron chi connectivity index (χ4n) is 3.40. The molecule has 0 saturated heterocycles. The molecule has 0 radical (unpaired) electrons. The number of hydrogen-bond acceptors (Lipinski definition) is 6. The Bertz CT molecular complexity index is 1250. The first-order chi connectivity index (χ1) is 14.9. The summed E-state index contributed by atoms with van der Waals surface area (Å²) in [6.45, 7) is 4.14. The molecule has 0 aliphatic heterocycles. The van der Waals surface area contributed by atoms with Crippen LogP contribution < -0.4 is 4.74 Å². The quantitative estimate of drug-likeness (QED) is 0.487. The van der Waals surface area contributed by atoms with Crippen LogP contribution in [0.15, 0.2) is 54.6 Å². The molecular formula is C23H21FN4O3. The molecule has 31 heavy (non-hydrogen) atoms. The van der Waals surface area contributed by atoms with E-state index in [-0.39, 0.29) is 28.8 Å². The number of aromatic hydroxyl groups is 2. The lowest BCUT2D eigenvalue weighted by atomic mass is 9.94. The minimum absolute atomic E-state index is 0.120. The van der Waals surface area contributed by atoms with Crippen molar-refractivity contribution in [3.8, 4) is 45.5 Å². The predicted molar refractivity (Wildman–Crippen MR) is 114 cm³/mol. The van der Waals surface area contributed by atoms with E-state index in [0.717, 1.165) is 5.56 Å². The average molecular weight is 420 g/mol. The van der Waals surface area contributed by atoms with E-state index in [0.29, 0.717) is 22.6 Å². The Hall–Kier alpha value is -3.94. The Balaban J connectivity index is 1.91. The lowest BCUT2D eigenvalue weighted by molar-refractivity contribution is 0.415. The molecule has 0 amide bonds. The first kappa shape index (κ1) is 20.3. The summed E-state index contributed by atoms with van der Waals surface area (Å²) in [4.78, 5) is 0. The number of nitrogens with zero attached hydrogens (tertiary/aromatic N) is 4. The number of rotatable bonds is 5. The van der Waals surface area contributed by atoms with Gasteiger partial charge >= 0.3 is 0 Å². The molecule has 4 aromatic rings. The van der Waals surface area contributed by atoms with Gasteiger partial charge < -0.3 is 14.9 Å². The summed E-state index contributed by atoms with van der Waals surface area (Å²) >= 11 is 0. The minimum atomic E-state index is -0.440. The van der Waals surface area contributed by atoms with Gasteiger partial charge in [0.1, 0.15) is 23.1 Å². The lowest BCUT2D eigenvalue weighted by Crippen LogP contribution is -2.01. The van der Waals surface area contributed by atoms with Crippen molar-refractivity contribution in [1.82, 2.24) is 20.2 Å². The molecule has 4 rings (SSSR count). The third-order valence-corrected chi connectivity index (χ3v) is 5.06. The molecule has 7 nitrogen and oxygen atoms in total. The fourth-order valence-corrected chi connectivity index (χ4v) is 3.40. The van der Waals surface area contributed by atoms with Gasteiger partial charge in [-0.1, -0.05) is 26.0 Å². The van der Waals surface area contributed by atoms with Crippen LogP contribution >= 0.6 is 0 Å². The highest BCUT2D eigenvalue weighted by molar-refractivity contribution is 5.82. The number of ether oxygens (including phenoxy) is 1. The van der Waals surface area contributed by atoms with Crippen LogP contribution in [0.1, 0.15) is 25.3 Å². The smallest absolute Gasteiger partial charge is 0.190 e. The molecule has 0 aliphatic rings. The minimum Gasteiger partial charge on any atom is -0.507 e. The lowest BCUT2D eigenvalue weighted by Gasteiger charge is -2.15. The Labute approximate surface area is 178 Å². The van der Waals surface area contributed by atoms with Crippen molar-refractivity contribution in [3.63, 3.8) is 0 Å². The van der Waals surface area contributed by atoms with Crippen LogP contribution in [-0.2, 0) is 0 Å². The summed E-state index contributed by atoms with van der Waals surface area (Å²) in [7, 11) is 1.55. The van der Waals surface area contributed by atoms with Gasteiger partial charge in [-0.05, 0) is 58.3 Å². The maximum atomic E-state index is 13.7. The fraction of sp³-hybridized carbons (Fsp3) is 0.174. The third kappa shape index (κ3) is 3.79.